The van der Waals surface area contributed by atoms with Gasteiger partial charge < -0.3 is 9.72 Å². The molecule has 142 valence electrons. The molecular formula is C21H18N2O3S2. The number of carbonyl (C=O) groups excluding carboxylic acids is 1. The van der Waals surface area contributed by atoms with Crippen LogP contribution in [0.1, 0.15) is 32.9 Å². The molecule has 0 spiro atoms. The Labute approximate surface area is 169 Å². The van der Waals surface area contributed by atoms with E-state index in [4.69, 9.17) is 4.74 Å². The maximum Gasteiger partial charge on any atom is 0.348 e. The molecular weight excluding hydrogens is 392 g/mol. The Kier molecular flexibility index (Phi) is 5.11. The monoisotopic (exact) mass is 410 g/mol. The zero-order chi connectivity index (χ0) is 19.7. The molecule has 0 atom stereocenters. The molecule has 0 aliphatic heterocycles. The van der Waals surface area contributed by atoms with Gasteiger partial charge in [0.05, 0.1) is 5.39 Å². The number of aromatic nitrogens is 2. The van der Waals surface area contributed by atoms with E-state index in [9.17, 15) is 9.59 Å². The van der Waals surface area contributed by atoms with Crippen LogP contribution < -0.4 is 5.56 Å². The quantitative estimate of drug-likeness (QED) is 0.473. The number of rotatable bonds is 5. The predicted octanol–water partition coefficient (Wildman–Crippen LogP) is 4.94. The summed E-state index contributed by atoms with van der Waals surface area (Å²) in [6, 6.07) is 11.6. The summed E-state index contributed by atoms with van der Waals surface area (Å²) in [5.41, 5.74) is 2.70. The molecule has 0 unspecified atom stereocenters. The van der Waals surface area contributed by atoms with E-state index >= 15 is 0 Å². The van der Waals surface area contributed by atoms with Gasteiger partial charge in [-0.15, -0.1) is 22.7 Å². The molecule has 3 heterocycles. The molecule has 0 aliphatic rings. The summed E-state index contributed by atoms with van der Waals surface area (Å²) in [4.78, 5) is 34.5. The van der Waals surface area contributed by atoms with Gasteiger partial charge >= 0.3 is 5.97 Å². The number of nitrogens with zero attached hydrogens (tertiary/aromatic N) is 1. The number of carbonyl (C=O) groups is 1. The van der Waals surface area contributed by atoms with Crippen molar-refractivity contribution in [3.05, 3.63) is 73.3 Å². The highest BCUT2D eigenvalue weighted by molar-refractivity contribution is 7.17. The number of hydrogen-bond acceptors (Lipinski definition) is 6. The Balaban J connectivity index is 1.57. The zero-order valence-corrected chi connectivity index (χ0v) is 17.1. The molecule has 5 nitrogen and oxygen atoms in total. The molecule has 4 rings (SSSR count). The Hall–Kier alpha value is -2.77. The highest BCUT2D eigenvalue weighted by atomic mass is 32.1. The van der Waals surface area contributed by atoms with Gasteiger partial charge in [0.1, 0.15) is 22.1 Å². The normalized spacial score (nSPS) is 11.1. The second-order valence-electron chi connectivity index (χ2n) is 6.35. The lowest BCUT2D eigenvalue weighted by Gasteiger charge is -2.04. The number of aromatic amines is 1. The van der Waals surface area contributed by atoms with Gasteiger partial charge in [-0.25, -0.2) is 9.78 Å². The van der Waals surface area contributed by atoms with Crippen LogP contribution in [-0.4, -0.2) is 15.9 Å². The molecule has 0 aliphatic carbocycles. The van der Waals surface area contributed by atoms with Crippen LogP contribution in [0.5, 0.6) is 0 Å². The van der Waals surface area contributed by atoms with Gasteiger partial charge in [-0.2, -0.15) is 0 Å². The summed E-state index contributed by atoms with van der Waals surface area (Å²) in [5, 5.41) is 2.49. The SMILES string of the molecule is CCc1sc(C(=O)OCc2nc3scc(-c4ccccc4)c3c(=O)[nH]2)cc1C. The van der Waals surface area contributed by atoms with Crippen LogP contribution in [-0.2, 0) is 17.8 Å². The van der Waals surface area contributed by atoms with Crippen molar-refractivity contribution in [1.82, 2.24) is 9.97 Å². The van der Waals surface area contributed by atoms with Crippen molar-refractivity contribution >= 4 is 38.9 Å². The Bertz CT molecular complexity index is 1210. The second-order valence-corrected chi connectivity index (χ2v) is 8.35. The van der Waals surface area contributed by atoms with Crippen LogP contribution in [0.15, 0.2) is 46.6 Å². The summed E-state index contributed by atoms with van der Waals surface area (Å²) in [5.74, 6) is -0.0528. The van der Waals surface area contributed by atoms with Crippen molar-refractivity contribution in [2.45, 2.75) is 26.9 Å². The fourth-order valence-corrected chi connectivity index (χ4v) is 5.04. The number of benzene rings is 1. The van der Waals surface area contributed by atoms with Gasteiger partial charge in [0.2, 0.25) is 0 Å². The lowest BCUT2D eigenvalue weighted by Crippen LogP contribution is -2.13. The van der Waals surface area contributed by atoms with Gasteiger partial charge in [-0.05, 0) is 30.5 Å². The number of fused-ring (bicyclic) bond motifs is 1. The van der Waals surface area contributed by atoms with E-state index in [0.29, 0.717) is 20.9 Å². The molecule has 0 fully saturated rings. The number of nitrogens with one attached hydrogen (secondary N) is 1. The van der Waals surface area contributed by atoms with Gasteiger partial charge in [0, 0.05) is 15.8 Å². The zero-order valence-electron chi connectivity index (χ0n) is 15.4. The molecule has 0 saturated heterocycles. The van der Waals surface area contributed by atoms with Crippen LogP contribution in [0.3, 0.4) is 0 Å². The van der Waals surface area contributed by atoms with Crippen LogP contribution in [0.25, 0.3) is 21.3 Å². The van der Waals surface area contributed by atoms with E-state index in [1.165, 1.54) is 27.6 Å². The summed E-state index contributed by atoms with van der Waals surface area (Å²) >= 11 is 2.85. The first-order chi connectivity index (χ1) is 13.6. The molecule has 0 radical (unpaired) electrons. The first-order valence-electron chi connectivity index (χ1n) is 8.89. The highest BCUT2D eigenvalue weighted by Gasteiger charge is 2.16. The van der Waals surface area contributed by atoms with E-state index in [0.717, 1.165) is 23.1 Å². The summed E-state index contributed by atoms with van der Waals surface area (Å²) in [6.07, 6.45) is 0.886. The van der Waals surface area contributed by atoms with Crippen molar-refractivity contribution in [1.29, 1.82) is 0 Å². The Morgan fingerprint density at radius 1 is 1.25 bits per heavy atom. The molecule has 0 bridgehead atoms. The standard InChI is InChI=1S/C21H18N2O3S2/c1-3-15-12(2)9-16(28-15)21(25)26-10-17-22-19(24)18-14(11-27-20(18)23-17)13-7-5-4-6-8-13/h4-9,11H,3,10H2,1-2H3,(H,22,23,24). The fourth-order valence-electron chi connectivity index (χ4n) is 3.07. The third-order valence-electron chi connectivity index (χ3n) is 4.46. The molecule has 1 N–H and O–H groups in total. The first kappa shape index (κ1) is 18.6. The van der Waals surface area contributed by atoms with E-state index in [-0.39, 0.29) is 12.2 Å². The maximum absolute atomic E-state index is 12.6. The summed E-state index contributed by atoms with van der Waals surface area (Å²) in [7, 11) is 0. The number of aryl methyl sites for hydroxylation is 2. The predicted molar refractivity (Wildman–Crippen MR) is 113 cm³/mol. The van der Waals surface area contributed by atoms with Crippen LogP contribution in [0, 0.1) is 6.92 Å². The van der Waals surface area contributed by atoms with Crippen molar-refractivity contribution in [3.8, 4) is 11.1 Å². The minimum absolute atomic E-state index is 0.0685. The van der Waals surface area contributed by atoms with E-state index in [2.05, 4.69) is 16.9 Å². The van der Waals surface area contributed by atoms with Crippen LogP contribution in [0.2, 0.25) is 0 Å². The summed E-state index contributed by atoms with van der Waals surface area (Å²) < 4.78 is 5.37. The molecule has 1 aromatic carbocycles. The molecule has 0 saturated carbocycles. The minimum Gasteiger partial charge on any atom is -0.453 e. The maximum atomic E-state index is 12.6. The lowest BCUT2D eigenvalue weighted by atomic mass is 10.1. The van der Waals surface area contributed by atoms with Crippen molar-refractivity contribution in [2.75, 3.05) is 0 Å². The van der Waals surface area contributed by atoms with Crippen molar-refractivity contribution in [2.24, 2.45) is 0 Å². The fraction of sp³-hybridized carbons (Fsp3) is 0.190. The van der Waals surface area contributed by atoms with E-state index in [1.807, 2.05) is 48.7 Å². The molecule has 0 amide bonds. The Morgan fingerprint density at radius 3 is 2.75 bits per heavy atom. The molecule has 7 heteroatoms. The smallest absolute Gasteiger partial charge is 0.348 e. The third-order valence-corrected chi connectivity index (χ3v) is 6.69. The first-order valence-corrected chi connectivity index (χ1v) is 10.6. The molecule has 3 aromatic heterocycles. The Morgan fingerprint density at radius 2 is 2.04 bits per heavy atom. The average Bonchev–Trinajstić information content (AvgIpc) is 3.30. The highest BCUT2D eigenvalue weighted by Crippen LogP contribution is 2.30. The third kappa shape index (κ3) is 3.50. The van der Waals surface area contributed by atoms with Crippen molar-refractivity contribution < 1.29 is 9.53 Å². The molecule has 4 aromatic rings. The van der Waals surface area contributed by atoms with E-state index in [1.54, 1.807) is 0 Å². The summed E-state index contributed by atoms with van der Waals surface area (Å²) in [6.45, 7) is 3.98. The molecule has 28 heavy (non-hydrogen) atoms. The van der Waals surface area contributed by atoms with Gasteiger partial charge in [0.15, 0.2) is 0 Å². The average molecular weight is 411 g/mol. The number of ether oxygens (including phenoxy) is 1. The second kappa shape index (κ2) is 7.69. The van der Waals surface area contributed by atoms with Crippen LogP contribution in [0.4, 0.5) is 0 Å². The van der Waals surface area contributed by atoms with Gasteiger partial charge in [0.25, 0.3) is 5.56 Å². The number of esters is 1. The minimum atomic E-state index is -0.397. The largest absolute Gasteiger partial charge is 0.453 e. The number of hydrogen-bond donors (Lipinski definition) is 1. The van der Waals surface area contributed by atoms with Crippen LogP contribution >= 0.6 is 22.7 Å². The van der Waals surface area contributed by atoms with Crippen molar-refractivity contribution in [3.63, 3.8) is 0 Å². The van der Waals surface area contributed by atoms with E-state index < -0.39 is 5.97 Å². The van der Waals surface area contributed by atoms with Gasteiger partial charge in [-0.1, -0.05) is 37.3 Å². The lowest BCUT2D eigenvalue weighted by molar-refractivity contribution is 0.0468. The number of H-pyrrole nitrogens is 1. The number of thiophene rings is 2. The van der Waals surface area contributed by atoms with Gasteiger partial charge in [-0.3, -0.25) is 4.79 Å². The topological polar surface area (TPSA) is 72.0 Å².